The number of halogens is 3. The van der Waals surface area contributed by atoms with Crippen molar-refractivity contribution in [3.8, 4) is 11.5 Å². The largest absolute Gasteiger partial charge is 0.454 e. The normalized spacial score (nSPS) is 13.5. The van der Waals surface area contributed by atoms with Crippen molar-refractivity contribution in [3.63, 3.8) is 0 Å². The Morgan fingerprint density at radius 3 is 2.62 bits per heavy atom. The second kappa shape index (κ2) is 5.31. The minimum atomic E-state index is -4.31. The van der Waals surface area contributed by atoms with Gasteiger partial charge in [-0.25, -0.2) is 0 Å². The SMILES string of the molecule is FC(F)(F)c1cccc(C[CH]c2ccc3c(c2)OCO3)c1. The predicted octanol–water partition coefficient (Wildman–Crippen LogP) is 4.23. The third-order valence-corrected chi connectivity index (χ3v) is 3.22. The zero-order valence-electron chi connectivity index (χ0n) is 11.0. The maximum Gasteiger partial charge on any atom is 0.416 e. The predicted molar refractivity (Wildman–Crippen MR) is 71.1 cm³/mol. The number of rotatable bonds is 3. The molecule has 2 aromatic carbocycles. The van der Waals surface area contributed by atoms with E-state index >= 15 is 0 Å². The molecule has 0 fully saturated rings. The van der Waals surface area contributed by atoms with E-state index in [1.54, 1.807) is 12.1 Å². The van der Waals surface area contributed by atoms with Gasteiger partial charge >= 0.3 is 6.18 Å². The second-order valence-electron chi connectivity index (χ2n) is 4.72. The summed E-state index contributed by atoms with van der Waals surface area (Å²) in [5.41, 5.74) is 0.873. The number of fused-ring (bicyclic) bond motifs is 1. The minimum Gasteiger partial charge on any atom is -0.454 e. The van der Waals surface area contributed by atoms with E-state index in [-0.39, 0.29) is 6.79 Å². The molecule has 0 saturated heterocycles. The van der Waals surface area contributed by atoms with Gasteiger partial charge < -0.3 is 9.47 Å². The lowest BCUT2D eigenvalue weighted by atomic mass is 10.0. The number of alkyl halides is 3. The molecule has 0 atom stereocenters. The first-order chi connectivity index (χ1) is 10.0. The molecule has 1 aliphatic heterocycles. The number of ether oxygens (including phenoxy) is 2. The highest BCUT2D eigenvalue weighted by atomic mass is 19.4. The highest BCUT2D eigenvalue weighted by molar-refractivity contribution is 5.46. The first kappa shape index (κ1) is 13.8. The van der Waals surface area contributed by atoms with Crippen LogP contribution in [0.25, 0.3) is 0 Å². The van der Waals surface area contributed by atoms with Crippen LogP contribution in [-0.2, 0) is 12.6 Å². The second-order valence-corrected chi connectivity index (χ2v) is 4.72. The first-order valence-electron chi connectivity index (χ1n) is 6.41. The first-order valence-corrected chi connectivity index (χ1v) is 6.41. The molecule has 0 amide bonds. The summed E-state index contributed by atoms with van der Waals surface area (Å²) in [7, 11) is 0. The van der Waals surface area contributed by atoms with E-state index in [0.717, 1.165) is 11.6 Å². The van der Waals surface area contributed by atoms with E-state index in [1.165, 1.54) is 12.1 Å². The molecule has 0 aliphatic carbocycles. The van der Waals surface area contributed by atoms with Gasteiger partial charge in [-0.15, -0.1) is 0 Å². The number of hydrogen-bond donors (Lipinski definition) is 0. The zero-order valence-corrected chi connectivity index (χ0v) is 11.0. The molecule has 2 aromatic rings. The lowest BCUT2D eigenvalue weighted by molar-refractivity contribution is -0.137. The Hall–Kier alpha value is -2.17. The summed E-state index contributed by atoms with van der Waals surface area (Å²) in [4.78, 5) is 0. The van der Waals surface area contributed by atoms with Gasteiger partial charge in [0.2, 0.25) is 6.79 Å². The van der Waals surface area contributed by atoms with Crippen molar-refractivity contribution < 1.29 is 22.6 Å². The molecular weight excluding hydrogens is 281 g/mol. The number of hydrogen-bond acceptors (Lipinski definition) is 2. The van der Waals surface area contributed by atoms with Gasteiger partial charge in [-0.3, -0.25) is 0 Å². The molecule has 21 heavy (non-hydrogen) atoms. The average molecular weight is 293 g/mol. The van der Waals surface area contributed by atoms with Crippen LogP contribution in [-0.4, -0.2) is 6.79 Å². The van der Waals surface area contributed by atoms with Gasteiger partial charge in [-0.1, -0.05) is 24.3 Å². The van der Waals surface area contributed by atoms with Crippen molar-refractivity contribution in [2.75, 3.05) is 6.79 Å². The average Bonchev–Trinajstić information content (AvgIpc) is 2.92. The Bertz CT molecular complexity index is 650. The van der Waals surface area contributed by atoms with Crippen molar-refractivity contribution in [2.24, 2.45) is 0 Å². The van der Waals surface area contributed by atoms with Crippen LogP contribution >= 0.6 is 0 Å². The van der Waals surface area contributed by atoms with E-state index < -0.39 is 11.7 Å². The fraction of sp³-hybridized carbons (Fsp3) is 0.188. The summed E-state index contributed by atoms with van der Waals surface area (Å²) < 4.78 is 48.4. The molecule has 0 N–H and O–H groups in total. The highest BCUT2D eigenvalue weighted by Gasteiger charge is 2.30. The maximum atomic E-state index is 12.6. The summed E-state index contributed by atoms with van der Waals surface area (Å²) in [6.45, 7) is 0.201. The molecule has 0 aromatic heterocycles. The molecule has 0 unspecified atom stereocenters. The Kier molecular flexibility index (Phi) is 3.49. The van der Waals surface area contributed by atoms with Crippen LogP contribution in [0.15, 0.2) is 42.5 Å². The van der Waals surface area contributed by atoms with Crippen LogP contribution in [0.2, 0.25) is 0 Å². The molecule has 0 saturated carbocycles. The Morgan fingerprint density at radius 2 is 1.81 bits per heavy atom. The van der Waals surface area contributed by atoms with Gasteiger partial charge in [-0.2, -0.15) is 13.2 Å². The fourth-order valence-corrected chi connectivity index (χ4v) is 2.15. The summed E-state index contributed by atoms with van der Waals surface area (Å²) in [5.74, 6) is 1.35. The highest BCUT2D eigenvalue weighted by Crippen LogP contribution is 2.33. The van der Waals surface area contributed by atoms with Crippen molar-refractivity contribution in [1.82, 2.24) is 0 Å². The van der Waals surface area contributed by atoms with Crippen molar-refractivity contribution in [1.29, 1.82) is 0 Å². The van der Waals surface area contributed by atoms with Gasteiger partial charge in [0.05, 0.1) is 5.56 Å². The van der Waals surface area contributed by atoms with E-state index in [1.807, 2.05) is 18.6 Å². The summed E-state index contributed by atoms with van der Waals surface area (Å²) in [5, 5.41) is 0. The molecule has 109 valence electrons. The van der Waals surface area contributed by atoms with E-state index in [4.69, 9.17) is 9.47 Å². The molecule has 1 radical (unpaired) electrons. The van der Waals surface area contributed by atoms with E-state index in [9.17, 15) is 13.2 Å². The molecule has 3 rings (SSSR count). The third-order valence-electron chi connectivity index (χ3n) is 3.22. The Labute approximate surface area is 120 Å². The monoisotopic (exact) mass is 293 g/mol. The van der Waals surface area contributed by atoms with E-state index in [0.29, 0.717) is 23.5 Å². The Morgan fingerprint density at radius 1 is 1.00 bits per heavy atom. The topological polar surface area (TPSA) is 18.5 Å². The van der Waals surface area contributed by atoms with Crippen molar-refractivity contribution in [2.45, 2.75) is 12.6 Å². The van der Waals surface area contributed by atoms with Crippen LogP contribution in [0.5, 0.6) is 11.5 Å². The van der Waals surface area contributed by atoms with Gasteiger partial charge in [-0.05, 0) is 42.2 Å². The third kappa shape index (κ3) is 3.12. The van der Waals surface area contributed by atoms with Gasteiger partial charge in [0, 0.05) is 0 Å². The van der Waals surface area contributed by atoms with Gasteiger partial charge in [0.1, 0.15) is 0 Å². The van der Waals surface area contributed by atoms with Crippen molar-refractivity contribution >= 4 is 0 Å². The molecule has 5 heteroatoms. The smallest absolute Gasteiger partial charge is 0.416 e. The molecule has 1 aliphatic rings. The molecule has 0 spiro atoms. The lowest BCUT2D eigenvalue weighted by Crippen LogP contribution is -2.05. The van der Waals surface area contributed by atoms with Crippen LogP contribution < -0.4 is 9.47 Å². The van der Waals surface area contributed by atoms with Crippen molar-refractivity contribution in [3.05, 3.63) is 65.6 Å². The summed E-state index contributed by atoms with van der Waals surface area (Å²) in [6, 6.07) is 10.8. The fourth-order valence-electron chi connectivity index (χ4n) is 2.15. The standard InChI is InChI=1S/C16H12F3O2/c17-16(18,19)13-3-1-2-11(8-13)4-5-12-6-7-14-15(9-12)21-10-20-14/h1-3,5-9H,4,10H2. The quantitative estimate of drug-likeness (QED) is 0.843. The summed E-state index contributed by atoms with van der Waals surface area (Å²) >= 11 is 0. The molecule has 2 nitrogen and oxygen atoms in total. The van der Waals surface area contributed by atoms with Crippen LogP contribution in [0.1, 0.15) is 16.7 Å². The molecular formula is C16H12F3O2. The minimum absolute atomic E-state index is 0.201. The maximum absolute atomic E-state index is 12.6. The van der Waals surface area contributed by atoms with E-state index in [2.05, 4.69) is 0 Å². The zero-order chi connectivity index (χ0) is 14.9. The molecule has 0 bridgehead atoms. The van der Waals surface area contributed by atoms with Gasteiger partial charge in [0.25, 0.3) is 0 Å². The Balaban J connectivity index is 1.70. The molecule has 1 heterocycles. The number of benzene rings is 2. The van der Waals surface area contributed by atoms with Gasteiger partial charge in [0.15, 0.2) is 11.5 Å². The van der Waals surface area contributed by atoms with Crippen LogP contribution in [0.3, 0.4) is 0 Å². The van der Waals surface area contributed by atoms with Crippen LogP contribution in [0, 0.1) is 6.42 Å². The summed E-state index contributed by atoms with van der Waals surface area (Å²) in [6.07, 6.45) is -2.03. The lowest BCUT2D eigenvalue weighted by Gasteiger charge is -2.08. The van der Waals surface area contributed by atoms with Crippen LogP contribution in [0.4, 0.5) is 13.2 Å².